The Morgan fingerprint density at radius 1 is 0.978 bits per heavy atom. The number of allylic oxidation sites excluding steroid dienone is 1. The molecule has 0 spiro atoms. The number of hydrogen-bond acceptors (Lipinski definition) is 7. The number of benzene rings is 4. The Kier molecular flexibility index (Phi) is 9.82. The normalized spacial score (nSPS) is 14.0. The fraction of sp³-hybridized carbons (Fsp3) is 0.171. The van der Waals surface area contributed by atoms with E-state index >= 15 is 0 Å². The fourth-order valence-electron chi connectivity index (χ4n) is 5.12. The van der Waals surface area contributed by atoms with Crippen LogP contribution in [0.1, 0.15) is 36.6 Å². The van der Waals surface area contributed by atoms with Gasteiger partial charge < -0.3 is 20.1 Å². The number of ether oxygens (including phenoxy) is 2. The van der Waals surface area contributed by atoms with Crippen LogP contribution in [0.15, 0.2) is 113 Å². The molecule has 0 bridgehead atoms. The Labute approximate surface area is 281 Å². The average Bonchev–Trinajstić information content (AvgIpc) is 3.47. The summed E-state index contributed by atoms with van der Waals surface area (Å²) in [5.74, 6) is 2.08. The third kappa shape index (κ3) is 7.17. The van der Waals surface area contributed by atoms with Crippen molar-refractivity contribution in [3.63, 3.8) is 0 Å². The van der Waals surface area contributed by atoms with Crippen molar-refractivity contribution in [2.75, 3.05) is 17.2 Å². The first-order chi connectivity index (χ1) is 22.4. The number of carbonyl (C=O) groups is 1. The third-order valence-electron chi connectivity index (χ3n) is 7.32. The molecule has 0 saturated carbocycles. The molecule has 1 aromatic heterocycles. The van der Waals surface area contributed by atoms with Gasteiger partial charge in [-0.1, -0.05) is 89.6 Å². The maximum atomic E-state index is 14.1. The van der Waals surface area contributed by atoms with Gasteiger partial charge in [0.1, 0.15) is 24.1 Å². The highest BCUT2D eigenvalue weighted by atomic mass is 35.5. The summed E-state index contributed by atoms with van der Waals surface area (Å²) in [6, 6.07) is 29.7. The van der Waals surface area contributed by atoms with Crippen molar-refractivity contribution >= 4 is 52.5 Å². The number of aromatic nitrogens is 3. The number of rotatable bonds is 11. The van der Waals surface area contributed by atoms with Gasteiger partial charge >= 0.3 is 0 Å². The molecule has 1 unspecified atom stereocenters. The molecule has 234 valence electrons. The molecule has 46 heavy (non-hydrogen) atoms. The highest BCUT2D eigenvalue weighted by molar-refractivity contribution is 7.98. The molecular formula is C35H31Cl2N5O3S. The molecule has 1 aliphatic heterocycles. The molecule has 0 saturated heterocycles. The van der Waals surface area contributed by atoms with E-state index in [1.807, 2.05) is 111 Å². The first-order valence-electron chi connectivity index (χ1n) is 14.7. The van der Waals surface area contributed by atoms with E-state index in [1.54, 1.807) is 4.68 Å². The zero-order valence-corrected chi connectivity index (χ0v) is 27.5. The molecule has 1 aliphatic rings. The van der Waals surface area contributed by atoms with Crippen LogP contribution < -0.4 is 20.1 Å². The standard InChI is InChI=1S/C35H31Cl2N5O3S/c1-3-44-30-14-7-6-13-29(30)39-33(43)31-22(2)38-34-40-35(46-21-25-9-4-5-12-28(25)37)41-42(34)32(31)24-10-8-11-27(19-24)45-20-23-15-17-26(36)18-16-23/h4-19,32H,3,20-21H2,1-2H3,(H,39,43)(H,38,40,41). The second-order valence-corrected chi connectivity index (χ2v) is 12.3. The lowest BCUT2D eigenvalue weighted by Crippen LogP contribution is -2.31. The molecule has 4 aromatic carbocycles. The van der Waals surface area contributed by atoms with Crippen molar-refractivity contribution in [3.05, 3.63) is 135 Å². The third-order valence-corrected chi connectivity index (χ3v) is 8.83. The van der Waals surface area contributed by atoms with E-state index < -0.39 is 6.04 Å². The summed E-state index contributed by atoms with van der Waals surface area (Å²) in [6.45, 7) is 4.60. The van der Waals surface area contributed by atoms with Gasteiger partial charge in [-0.2, -0.15) is 4.98 Å². The van der Waals surface area contributed by atoms with Crippen LogP contribution in [-0.4, -0.2) is 27.3 Å². The molecular weight excluding hydrogens is 641 g/mol. The fourth-order valence-corrected chi connectivity index (χ4v) is 6.36. The maximum Gasteiger partial charge on any atom is 0.255 e. The molecule has 11 heteroatoms. The molecule has 6 rings (SSSR count). The summed E-state index contributed by atoms with van der Waals surface area (Å²) in [4.78, 5) is 18.9. The number of hydrogen-bond donors (Lipinski definition) is 2. The Bertz CT molecular complexity index is 1890. The van der Waals surface area contributed by atoms with Gasteiger partial charge in [0.05, 0.1) is 17.9 Å². The number of para-hydroxylation sites is 2. The van der Waals surface area contributed by atoms with Crippen LogP contribution in [-0.2, 0) is 17.2 Å². The number of nitrogens with one attached hydrogen (secondary N) is 2. The van der Waals surface area contributed by atoms with Crippen LogP contribution in [0, 0.1) is 0 Å². The van der Waals surface area contributed by atoms with E-state index in [9.17, 15) is 4.79 Å². The monoisotopic (exact) mass is 671 g/mol. The predicted molar refractivity (Wildman–Crippen MR) is 184 cm³/mol. The van der Waals surface area contributed by atoms with Crippen molar-refractivity contribution in [1.82, 2.24) is 14.8 Å². The van der Waals surface area contributed by atoms with Crippen molar-refractivity contribution in [2.45, 2.75) is 37.4 Å². The molecule has 1 atom stereocenters. The van der Waals surface area contributed by atoms with Crippen molar-refractivity contribution in [3.8, 4) is 11.5 Å². The van der Waals surface area contributed by atoms with E-state index in [-0.39, 0.29) is 5.91 Å². The second kappa shape index (κ2) is 14.3. The lowest BCUT2D eigenvalue weighted by Gasteiger charge is -2.29. The van der Waals surface area contributed by atoms with Gasteiger partial charge in [-0.25, -0.2) is 4.68 Å². The molecule has 8 nitrogen and oxygen atoms in total. The van der Waals surface area contributed by atoms with E-state index in [0.717, 1.165) is 16.7 Å². The Morgan fingerprint density at radius 2 is 1.76 bits per heavy atom. The molecule has 0 fully saturated rings. The SMILES string of the molecule is CCOc1ccccc1NC(=O)C1=C(C)Nc2nc(SCc3ccccc3Cl)nn2C1c1cccc(OCc2ccc(Cl)cc2)c1. The van der Waals surface area contributed by atoms with E-state index in [4.69, 9.17) is 42.8 Å². The number of fused-ring (bicyclic) bond motifs is 1. The van der Waals surface area contributed by atoms with Crippen LogP contribution in [0.4, 0.5) is 11.6 Å². The highest BCUT2D eigenvalue weighted by Crippen LogP contribution is 2.39. The van der Waals surface area contributed by atoms with Crippen LogP contribution >= 0.6 is 35.0 Å². The summed E-state index contributed by atoms with van der Waals surface area (Å²) >= 11 is 13.9. The summed E-state index contributed by atoms with van der Waals surface area (Å²) < 4.78 is 13.7. The van der Waals surface area contributed by atoms with Gasteiger partial charge in [-0.15, -0.1) is 5.10 Å². The van der Waals surface area contributed by atoms with Crippen LogP contribution in [0.25, 0.3) is 0 Å². The van der Waals surface area contributed by atoms with Crippen LogP contribution in [0.2, 0.25) is 10.0 Å². The number of thioether (sulfide) groups is 1. The number of nitrogens with zero attached hydrogens (tertiary/aromatic N) is 3. The molecule has 0 aliphatic carbocycles. The Balaban J connectivity index is 1.34. The summed E-state index contributed by atoms with van der Waals surface area (Å²) in [5.41, 5.74) is 4.51. The number of anilines is 2. The smallest absolute Gasteiger partial charge is 0.255 e. The van der Waals surface area contributed by atoms with Crippen LogP contribution in [0.3, 0.4) is 0 Å². The number of halogens is 2. The van der Waals surface area contributed by atoms with Crippen molar-refractivity contribution in [1.29, 1.82) is 0 Å². The average molecular weight is 673 g/mol. The second-order valence-electron chi connectivity index (χ2n) is 10.5. The minimum absolute atomic E-state index is 0.291. The van der Waals surface area contributed by atoms with Crippen LogP contribution in [0.5, 0.6) is 11.5 Å². The van der Waals surface area contributed by atoms with E-state index in [1.165, 1.54) is 11.8 Å². The minimum atomic E-state index is -0.600. The first kappa shape index (κ1) is 31.5. The van der Waals surface area contributed by atoms with Crippen molar-refractivity contribution < 1.29 is 14.3 Å². The summed E-state index contributed by atoms with van der Waals surface area (Å²) in [5, 5.41) is 13.2. The molecule has 5 aromatic rings. The zero-order valence-electron chi connectivity index (χ0n) is 25.2. The van der Waals surface area contributed by atoms with Gasteiger partial charge in [-0.3, -0.25) is 4.79 Å². The van der Waals surface area contributed by atoms with E-state index in [2.05, 4.69) is 10.6 Å². The molecule has 0 radical (unpaired) electrons. The lowest BCUT2D eigenvalue weighted by atomic mass is 9.94. The number of carbonyl (C=O) groups excluding carboxylic acids is 1. The van der Waals surface area contributed by atoms with Gasteiger partial charge in [-0.05, 0) is 73.0 Å². The number of amides is 1. The topological polar surface area (TPSA) is 90.3 Å². The molecule has 2 heterocycles. The Hall–Kier alpha value is -4.44. The maximum absolute atomic E-state index is 14.1. The van der Waals surface area contributed by atoms with E-state index in [0.29, 0.717) is 68.6 Å². The predicted octanol–water partition coefficient (Wildman–Crippen LogP) is 8.78. The first-order valence-corrected chi connectivity index (χ1v) is 16.4. The largest absolute Gasteiger partial charge is 0.492 e. The van der Waals surface area contributed by atoms with Gasteiger partial charge in [0.25, 0.3) is 5.91 Å². The summed E-state index contributed by atoms with van der Waals surface area (Å²) in [7, 11) is 0. The van der Waals surface area contributed by atoms with Gasteiger partial charge in [0.2, 0.25) is 11.1 Å². The quantitative estimate of drug-likeness (QED) is 0.136. The van der Waals surface area contributed by atoms with Gasteiger partial charge in [0, 0.05) is 21.5 Å². The molecule has 1 amide bonds. The van der Waals surface area contributed by atoms with Crippen molar-refractivity contribution in [2.24, 2.45) is 0 Å². The van der Waals surface area contributed by atoms with Gasteiger partial charge in [0.15, 0.2) is 0 Å². The minimum Gasteiger partial charge on any atom is -0.492 e. The lowest BCUT2D eigenvalue weighted by molar-refractivity contribution is -0.113. The Morgan fingerprint density at radius 3 is 2.57 bits per heavy atom. The molecule has 2 N–H and O–H groups in total. The highest BCUT2D eigenvalue weighted by Gasteiger charge is 2.35. The zero-order chi connectivity index (χ0) is 32.0. The summed E-state index contributed by atoms with van der Waals surface area (Å²) in [6.07, 6.45) is 0.